The summed E-state index contributed by atoms with van der Waals surface area (Å²) in [5.41, 5.74) is 5.56. The van der Waals surface area contributed by atoms with Gasteiger partial charge in [-0.25, -0.2) is 4.39 Å². The molecule has 1 heterocycles. The van der Waals surface area contributed by atoms with Crippen LogP contribution >= 0.6 is 11.8 Å². The van der Waals surface area contributed by atoms with Crippen LogP contribution in [0.3, 0.4) is 0 Å². The maximum absolute atomic E-state index is 13.3. The number of carbonyl (C=O) groups excluding carboxylic acids is 1. The Labute approximate surface area is 117 Å². The van der Waals surface area contributed by atoms with Crippen molar-refractivity contribution in [3.05, 3.63) is 24.0 Å². The molecule has 1 fully saturated rings. The van der Waals surface area contributed by atoms with Gasteiger partial charge in [0, 0.05) is 18.0 Å². The van der Waals surface area contributed by atoms with Crippen molar-refractivity contribution < 1.29 is 9.18 Å². The minimum absolute atomic E-state index is 0.142. The smallest absolute Gasteiger partial charge is 0.232 e. The SMILES string of the molecule is Nc1ccc(SCC(=O)N2CCCCCC2)cc1F. The molecule has 1 aliphatic rings. The summed E-state index contributed by atoms with van der Waals surface area (Å²) in [7, 11) is 0. The average molecular weight is 282 g/mol. The predicted molar refractivity (Wildman–Crippen MR) is 76.6 cm³/mol. The molecule has 3 nitrogen and oxygen atoms in total. The minimum Gasteiger partial charge on any atom is -0.396 e. The van der Waals surface area contributed by atoms with Crippen LogP contribution in [-0.2, 0) is 4.79 Å². The maximum atomic E-state index is 13.3. The fourth-order valence-electron chi connectivity index (χ4n) is 2.15. The third-order valence-electron chi connectivity index (χ3n) is 3.29. The molecule has 2 rings (SSSR count). The van der Waals surface area contributed by atoms with Crippen molar-refractivity contribution in [2.45, 2.75) is 30.6 Å². The summed E-state index contributed by atoms with van der Waals surface area (Å²) in [6.07, 6.45) is 4.60. The highest BCUT2D eigenvalue weighted by Gasteiger charge is 2.15. The van der Waals surface area contributed by atoms with E-state index in [1.54, 1.807) is 6.07 Å². The quantitative estimate of drug-likeness (QED) is 0.685. The molecular formula is C14H19FN2OS. The Morgan fingerprint density at radius 3 is 2.58 bits per heavy atom. The van der Waals surface area contributed by atoms with Crippen molar-refractivity contribution in [1.29, 1.82) is 0 Å². The molecule has 0 atom stereocenters. The van der Waals surface area contributed by atoms with Crippen LogP contribution < -0.4 is 5.73 Å². The molecule has 0 bridgehead atoms. The Morgan fingerprint density at radius 1 is 1.26 bits per heavy atom. The topological polar surface area (TPSA) is 46.3 Å². The van der Waals surface area contributed by atoms with Crippen molar-refractivity contribution >= 4 is 23.4 Å². The molecule has 1 aromatic rings. The summed E-state index contributed by atoms with van der Waals surface area (Å²) in [4.78, 5) is 14.7. The van der Waals surface area contributed by atoms with Gasteiger partial charge in [-0.2, -0.15) is 0 Å². The van der Waals surface area contributed by atoms with Gasteiger partial charge in [-0.15, -0.1) is 11.8 Å². The van der Waals surface area contributed by atoms with Gasteiger partial charge >= 0.3 is 0 Å². The number of amides is 1. The van der Waals surface area contributed by atoms with Crippen LogP contribution in [-0.4, -0.2) is 29.6 Å². The summed E-state index contributed by atoms with van der Waals surface area (Å²) >= 11 is 1.37. The molecule has 5 heteroatoms. The monoisotopic (exact) mass is 282 g/mol. The molecule has 1 saturated heterocycles. The summed E-state index contributed by atoms with van der Waals surface area (Å²) in [5, 5.41) is 0. The van der Waals surface area contributed by atoms with Gasteiger partial charge in [0.1, 0.15) is 5.82 Å². The van der Waals surface area contributed by atoms with E-state index in [0.717, 1.165) is 30.8 Å². The zero-order chi connectivity index (χ0) is 13.7. The third-order valence-corrected chi connectivity index (χ3v) is 4.27. The number of nitrogens with zero attached hydrogens (tertiary/aromatic N) is 1. The van der Waals surface area contributed by atoms with Crippen LogP contribution in [0.1, 0.15) is 25.7 Å². The van der Waals surface area contributed by atoms with Crippen LogP contribution in [0, 0.1) is 5.82 Å². The third kappa shape index (κ3) is 4.13. The number of anilines is 1. The second-order valence-electron chi connectivity index (χ2n) is 4.77. The first kappa shape index (κ1) is 14.2. The number of hydrogen-bond donors (Lipinski definition) is 1. The van der Waals surface area contributed by atoms with Gasteiger partial charge in [0.25, 0.3) is 0 Å². The Morgan fingerprint density at radius 2 is 1.95 bits per heavy atom. The van der Waals surface area contributed by atoms with E-state index in [9.17, 15) is 9.18 Å². The first-order chi connectivity index (χ1) is 9.16. The van der Waals surface area contributed by atoms with Crippen LogP contribution in [0.5, 0.6) is 0 Å². The van der Waals surface area contributed by atoms with E-state index in [4.69, 9.17) is 5.73 Å². The highest BCUT2D eigenvalue weighted by molar-refractivity contribution is 8.00. The lowest BCUT2D eigenvalue weighted by Gasteiger charge is -2.19. The molecule has 104 valence electrons. The van der Waals surface area contributed by atoms with Crippen LogP contribution in [0.25, 0.3) is 0 Å². The molecule has 1 aromatic carbocycles. The van der Waals surface area contributed by atoms with E-state index in [-0.39, 0.29) is 11.6 Å². The van der Waals surface area contributed by atoms with Crippen LogP contribution in [0.15, 0.2) is 23.1 Å². The van der Waals surface area contributed by atoms with Crippen molar-refractivity contribution in [3.63, 3.8) is 0 Å². The number of halogens is 1. The molecule has 0 radical (unpaired) electrons. The normalized spacial score (nSPS) is 16.2. The van der Waals surface area contributed by atoms with E-state index in [1.807, 2.05) is 4.90 Å². The first-order valence-corrected chi connectivity index (χ1v) is 7.61. The lowest BCUT2D eigenvalue weighted by molar-refractivity contribution is -0.128. The number of thioether (sulfide) groups is 1. The van der Waals surface area contributed by atoms with Gasteiger partial charge in [0.2, 0.25) is 5.91 Å². The van der Waals surface area contributed by atoms with Crippen molar-refractivity contribution in [1.82, 2.24) is 4.90 Å². The van der Waals surface area contributed by atoms with E-state index >= 15 is 0 Å². The van der Waals surface area contributed by atoms with Gasteiger partial charge in [0.05, 0.1) is 11.4 Å². The average Bonchev–Trinajstić information content (AvgIpc) is 2.69. The minimum atomic E-state index is -0.424. The van der Waals surface area contributed by atoms with E-state index < -0.39 is 5.82 Å². The number of rotatable bonds is 3. The summed E-state index contributed by atoms with van der Waals surface area (Å²) < 4.78 is 13.3. The fourth-order valence-corrected chi connectivity index (χ4v) is 2.98. The van der Waals surface area contributed by atoms with Crippen LogP contribution in [0.4, 0.5) is 10.1 Å². The lowest BCUT2D eigenvalue weighted by atomic mass is 10.2. The Bertz CT molecular complexity index is 445. The molecule has 0 aliphatic carbocycles. The summed E-state index contributed by atoms with van der Waals surface area (Å²) in [6.45, 7) is 1.71. The first-order valence-electron chi connectivity index (χ1n) is 6.62. The molecule has 1 aliphatic heterocycles. The van der Waals surface area contributed by atoms with Gasteiger partial charge in [-0.3, -0.25) is 4.79 Å². The Kier molecular flexibility index (Phi) is 5.07. The number of carbonyl (C=O) groups is 1. The zero-order valence-corrected chi connectivity index (χ0v) is 11.7. The van der Waals surface area contributed by atoms with E-state index in [2.05, 4.69) is 0 Å². The molecule has 0 aromatic heterocycles. The van der Waals surface area contributed by atoms with Crippen molar-refractivity contribution in [2.24, 2.45) is 0 Å². The Balaban J connectivity index is 1.86. The van der Waals surface area contributed by atoms with Gasteiger partial charge < -0.3 is 10.6 Å². The van der Waals surface area contributed by atoms with Gasteiger partial charge in [0.15, 0.2) is 0 Å². The summed E-state index contributed by atoms with van der Waals surface area (Å²) in [6, 6.07) is 4.67. The van der Waals surface area contributed by atoms with Crippen molar-refractivity contribution in [3.8, 4) is 0 Å². The van der Waals surface area contributed by atoms with Crippen LogP contribution in [0.2, 0.25) is 0 Å². The molecular weight excluding hydrogens is 263 g/mol. The van der Waals surface area contributed by atoms with Crippen molar-refractivity contribution in [2.75, 3.05) is 24.6 Å². The Hall–Kier alpha value is -1.23. The number of nitrogen functional groups attached to an aromatic ring is 1. The molecule has 2 N–H and O–H groups in total. The standard InChI is InChI=1S/C14H19FN2OS/c15-12-9-11(5-6-13(12)16)19-10-14(18)17-7-3-1-2-4-8-17/h5-6,9H,1-4,7-8,10,16H2. The number of benzene rings is 1. The second-order valence-corrected chi connectivity index (χ2v) is 5.82. The second kappa shape index (κ2) is 6.80. The van der Waals surface area contributed by atoms with Gasteiger partial charge in [-0.1, -0.05) is 12.8 Å². The highest BCUT2D eigenvalue weighted by atomic mass is 32.2. The lowest BCUT2D eigenvalue weighted by Crippen LogP contribution is -2.33. The summed E-state index contributed by atoms with van der Waals surface area (Å²) in [5.74, 6) is 0.0833. The maximum Gasteiger partial charge on any atom is 0.232 e. The number of hydrogen-bond acceptors (Lipinski definition) is 3. The highest BCUT2D eigenvalue weighted by Crippen LogP contribution is 2.22. The molecule has 0 saturated carbocycles. The van der Waals surface area contributed by atoms with Gasteiger partial charge in [-0.05, 0) is 31.0 Å². The number of nitrogens with two attached hydrogens (primary N) is 1. The molecule has 1 amide bonds. The number of likely N-dealkylation sites (tertiary alicyclic amines) is 1. The molecule has 0 spiro atoms. The zero-order valence-electron chi connectivity index (χ0n) is 10.9. The fraction of sp³-hybridized carbons (Fsp3) is 0.500. The largest absolute Gasteiger partial charge is 0.396 e. The van der Waals surface area contributed by atoms with E-state index in [1.165, 1.54) is 36.7 Å². The predicted octanol–water partition coefficient (Wildman–Crippen LogP) is 2.90. The molecule has 19 heavy (non-hydrogen) atoms. The van der Waals surface area contributed by atoms with E-state index in [0.29, 0.717) is 5.75 Å². The molecule has 0 unspecified atom stereocenters.